The molecule has 0 radical (unpaired) electrons. The van der Waals surface area contributed by atoms with Crippen LogP contribution in [0.25, 0.3) is 0 Å². The predicted octanol–water partition coefficient (Wildman–Crippen LogP) is 1.58. The molecule has 1 aliphatic heterocycles. The molecule has 2 rings (SSSR count). The quantitative estimate of drug-likeness (QED) is 0.658. The number of ether oxygens (including phenoxy) is 2. The summed E-state index contributed by atoms with van der Waals surface area (Å²) >= 11 is 0. The minimum atomic E-state index is -0.444. The number of anilines is 2. The van der Waals surface area contributed by atoms with Gasteiger partial charge < -0.3 is 15.2 Å². The first kappa shape index (κ1) is 15.2. The molecular formula is C15H20N2O4. The van der Waals surface area contributed by atoms with Crippen molar-refractivity contribution in [3.8, 4) is 5.75 Å². The Kier molecular flexibility index (Phi) is 4.67. The molecule has 2 N–H and O–H groups in total. The summed E-state index contributed by atoms with van der Waals surface area (Å²) in [6.07, 6.45) is 0.793. The molecule has 0 bridgehead atoms. The zero-order valence-electron chi connectivity index (χ0n) is 12.3. The van der Waals surface area contributed by atoms with E-state index in [2.05, 4.69) is 13.8 Å². The van der Waals surface area contributed by atoms with E-state index in [4.69, 9.17) is 15.2 Å². The van der Waals surface area contributed by atoms with Crippen LogP contribution in [-0.4, -0.2) is 31.6 Å². The summed E-state index contributed by atoms with van der Waals surface area (Å²) < 4.78 is 10.5. The number of nitrogens with two attached hydrogens (primary N) is 1. The number of hydrogen-bond donors (Lipinski definition) is 1. The number of amides is 1. The largest absolute Gasteiger partial charge is 0.481 e. The van der Waals surface area contributed by atoms with E-state index in [1.54, 1.807) is 18.2 Å². The molecule has 0 aromatic heterocycles. The monoisotopic (exact) mass is 292 g/mol. The van der Waals surface area contributed by atoms with Crippen molar-refractivity contribution in [1.82, 2.24) is 0 Å². The fourth-order valence-electron chi connectivity index (χ4n) is 2.04. The van der Waals surface area contributed by atoms with Crippen LogP contribution in [0, 0.1) is 5.92 Å². The second-order valence-corrected chi connectivity index (χ2v) is 5.37. The summed E-state index contributed by atoms with van der Waals surface area (Å²) in [5.41, 5.74) is 6.72. The lowest BCUT2D eigenvalue weighted by Crippen LogP contribution is -2.42. The van der Waals surface area contributed by atoms with E-state index in [1.165, 1.54) is 4.90 Å². The number of rotatable bonds is 5. The van der Waals surface area contributed by atoms with E-state index >= 15 is 0 Å². The van der Waals surface area contributed by atoms with Gasteiger partial charge in [0.2, 0.25) is 0 Å². The molecule has 0 spiro atoms. The van der Waals surface area contributed by atoms with Gasteiger partial charge in [-0.1, -0.05) is 19.9 Å². The van der Waals surface area contributed by atoms with Crippen LogP contribution in [0.2, 0.25) is 0 Å². The van der Waals surface area contributed by atoms with Crippen molar-refractivity contribution in [3.05, 3.63) is 18.2 Å². The van der Waals surface area contributed by atoms with Gasteiger partial charge in [0, 0.05) is 0 Å². The fourth-order valence-corrected chi connectivity index (χ4v) is 2.04. The van der Waals surface area contributed by atoms with Crippen LogP contribution < -0.4 is 15.4 Å². The van der Waals surface area contributed by atoms with Crippen molar-refractivity contribution >= 4 is 23.3 Å². The van der Waals surface area contributed by atoms with Gasteiger partial charge in [0.15, 0.2) is 6.61 Å². The van der Waals surface area contributed by atoms with Crippen LogP contribution in [0.5, 0.6) is 5.75 Å². The Labute approximate surface area is 123 Å². The summed E-state index contributed by atoms with van der Waals surface area (Å²) in [6, 6.07) is 5.12. The molecule has 1 heterocycles. The van der Waals surface area contributed by atoms with E-state index in [0.29, 0.717) is 29.6 Å². The molecule has 0 fully saturated rings. The van der Waals surface area contributed by atoms with Crippen LogP contribution in [0.3, 0.4) is 0 Å². The Morgan fingerprint density at radius 3 is 2.95 bits per heavy atom. The maximum absolute atomic E-state index is 12.0. The number of benzene rings is 1. The fraction of sp³-hybridized carbons (Fsp3) is 0.467. The Hall–Kier alpha value is -2.24. The standard InChI is InChI=1S/C15H20N2O4/c1-10(2)6-7-20-14(19)8-17-13(18)9-21-12-5-3-4-11(16)15(12)17/h3-5,10H,6-9,16H2,1-2H3. The number of carbonyl (C=O) groups excluding carboxylic acids is 2. The molecular weight excluding hydrogens is 272 g/mol. The van der Waals surface area contributed by atoms with Crippen LogP contribution in [-0.2, 0) is 14.3 Å². The van der Waals surface area contributed by atoms with E-state index in [-0.39, 0.29) is 19.1 Å². The van der Waals surface area contributed by atoms with E-state index in [9.17, 15) is 9.59 Å². The minimum absolute atomic E-state index is 0.101. The third-order valence-electron chi connectivity index (χ3n) is 3.20. The summed E-state index contributed by atoms with van der Waals surface area (Å²) in [5, 5.41) is 0. The molecule has 6 nitrogen and oxygen atoms in total. The molecule has 0 saturated carbocycles. The molecule has 21 heavy (non-hydrogen) atoms. The van der Waals surface area contributed by atoms with Gasteiger partial charge in [-0.25, -0.2) is 0 Å². The number of fused-ring (bicyclic) bond motifs is 1. The average Bonchev–Trinajstić information content (AvgIpc) is 2.42. The number of esters is 1. The second kappa shape index (κ2) is 6.47. The van der Waals surface area contributed by atoms with Gasteiger partial charge in [0.05, 0.1) is 12.3 Å². The Balaban J connectivity index is 2.06. The number of carbonyl (C=O) groups is 2. The lowest BCUT2D eigenvalue weighted by atomic mass is 10.1. The highest BCUT2D eigenvalue weighted by molar-refractivity contribution is 6.04. The molecule has 1 aliphatic rings. The second-order valence-electron chi connectivity index (χ2n) is 5.37. The summed E-state index contributed by atoms with van der Waals surface area (Å²) in [4.78, 5) is 25.2. The zero-order valence-corrected chi connectivity index (χ0v) is 12.3. The molecule has 1 amide bonds. The van der Waals surface area contributed by atoms with Gasteiger partial charge in [-0.05, 0) is 24.5 Å². The van der Waals surface area contributed by atoms with E-state index in [0.717, 1.165) is 6.42 Å². The number of nitrogen functional groups attached to an aromatic ring is 1. The Morgan fingerprint density at radius 1 is 1.48 bits per heavy atom. The molecule has 0 saturated heterocycles. The highest BCUT2D eigenvalue weighted by atomic mass is 16.5. The minimum Gasteiger partial charge on any atom is -0.481 e. The summed E-state index contributed by atoms with van der Waals surface area (Å²) in [7, 11) is 0. The summed E-state index contributed by atoms with van der Waals surface area (Å²) in [6.45, 7) is 4.20. The van der Waals surface area contributed by atoms with Crippen LogP contribution in [0.4, 0.5) is 11.4 Å². The van der Waals surface area contributed by atoms with Crippen LogP contribution >= 0.6 is 0 Å². The third-order valence-corrected chi connectivity index (χ3v) is 3.20. The normalized spacial score (nSPS) is 13.9. The average molecular weight is 292 g/mol. The molecule has 0 atom stereocenters. The SMILES string of the molecule is CC(C)CCOC(=O)CN1C(=O)COc2cccc(N)c21. The molecule has 114 valence electrons. The highest BCUT2D eigenvalue weighted by Gasteiger charge is 2.29. The zero-order chi connectivity index (χ0) is 15.4. The van der Waals surface area contributed by atoms with Crippen molar-refractivity contribution < 1.29 is 19.1 Å². The van der Waals surface area contributed by atoms with Crippen molar-refractivity contribution in [2.45, 2.75) is 20.3 Å². The van der Waals surface area contributed by atoms with Crippen molar-refractivity contribution in [2.24, 2.45) is 5.92 Å². The van der Waals surface area contributed by atoms with Gasteiger partial charge in [-0.2, -0.15) is 0 Å². The topological polar surface area (TPSA) is 81.9 Å². The molecule has 1 aromatic rings. The summed E-state index contributed by atoms with van der Waals surface area (Å²) in [5.74, 6) is 0.213. The predicted molar refractivity (Wildman–Crippen MR) is 79.1 cm³/mol. The van der Waals surface area contributed by atoms with Crippen LogP contribution in [0.1, 0.15) is 20.3 Å². The highest BCUT2D eigenvalue weighted by Crippen LogP contribution is 2.36. The van der Waals surface area contributed by atoms with Gasteiger partial charge in [0.25, 0.3) is 5.91 Å². The van der Waals surface area contributed by atoms with E-state index < -0.39 is 5.97 Å². The van der Waals surface area contributed by atoms with Crippen molar-refractivity contribution in [2.75, 3.05) is 30.4 Å². The Bertz CT molecular complexity index is 542. The first-order chi connectivity index (χ1) is 9.99. The lowest BCUT2D eigenvalue weighted by Gasteiger charge is -2.29. The third kappa shape index (κ3) is 3.65. The molecule has 0 aliphatic carbocycles. The van der Waals surface area contributed by atoms with Gasteiger partial charge in [0.1, 0.15) is 18.0 Å². The van der Waals surface area contributed by atoms with Gasteiger partial charge in [-0.15, -0.1) is 0 Å². The molecule has 0 unspecified atom stereocenters. The number of hydrogen-bond acceptors (Lipinski definition) is 5. The van der Waals surface area contributed by atoms with Crippen molar-refractivity contribution in [3.63, 3.8) is 0 Å². The van der Waals surface area contributed by atoms with Crippen molar-refractivity contribution in [1.29, 1.82) is 0 Å². The maximum atomic E-state index is 12.0. The molecule has 6 heteroatoms. The smallest absolute Gasteiger partial charge is 0.326 e. The number of para-hydroxylation sites is 1. The van der Waals surface area contributed by atoms with E-state index in [1.807, 2.05) is 0 Å². The van der Waals surface area contributed by atoms with Crippen LogP contribution in [0.15, 0.2) is 18.2 Å². The Morgan fingerprint density at radius 2 is 2.24 bits per heavy atom. The first-order valence-electron chi connectivity index (χ1n) is 6.96. The lowest BCUT2D eigenvalue weighted by molar-refractivity contribution is -0.143. The van der Waals surface area contributed by atoms with Gasteiger partial charge >= 0.3 is 5.97 Å². The first-order valence-corrected chi connectivity index (χ1v) is 6.96. The molecule has 1 aromatic carbocycles. The maximum Gasteiger partial charge on any atom is 0.326 e. The van der Waals surface area contributed by atoms with Gasteiger partial charge in [-0.3, -0.25) is 14.5 Å². The number of nitrogens with zero attached hydrogens (tertiary/aromatic N) is 1.